The molecule has 1 aliphatic heterocycles. The number of carbonyl (C=O) groups is 2. The number of rotatable bonds is 8. The molecule has 44 heavy (non-hydrogen) atoms. The fourth-order valence-electron chi connectivity index (χ4n) is 6.21. The number of carbonyl (C=O) groups excluding carboxylic acids is 2. The summed E-state index contributed by atoms with van der Waals surface area (Å²) in [5.41, 5.74) is 6.89. The van der Waals surface area contributed by atoms with Crippen LogP contribution in [0.2, 0.25) is 0 Å². The van der Waals surface area contributed by atoms with E-state index >= 15 is 0 Å². The number of alkyl halides is 3. The molecule has 3 aromatic rings. The van der Waals surface area contributed by atoms with Crippen LogP contribution in [0, 0.1) is 5.92 Å². The molecule has 8 heteroatoms. The van der Waals surface area contributed by atoms with E-state index in [-0.39, 0.29) is 29.3 Å². The summed E-state index contributed by atoms with van der Waals surface area (Å²) in [6.45, 7) is 1.74. The van der Waals surface area contributed by atoms with Gasteiger partial charge in [-0.3, -0.25) is 4.79 Å². The number of urea groups is 1. The average Bonchev–Trinajstić information content (AvgIpc) is 3.45. The van der Waals surface area contributed by atoms with Crippen LogP contribution >= 0.6 is 0 Å². The van der Waals surface area contributed by atoms with E-state index < -0.39 is 12.1 Å². The van der Waals surface area contributed by atoms with Crippen LogP contribution in [0.4, 0.5) is 29.3 Å². The number of likely N-dealkylation sites (tertiary alicyclic amines) is 1. The van der Waals surface area contributed by atoms with E-state index in [9.17, 15) is 22.8 Å². The molecule has 6 rings (SSSR count). The summed E-state index contributed by atoms with van der Waals surface area (Å²) in [6, 6.07) is 21.7. The molecule has 0 aromatic heterocycles. The monoisotopic (exact) mass is 601 g/mol. The number of anilines is 2. The van der Waals surface area contributed by atoms with Crippen molar-refractivity contribution in [1.82, 2.24) is 4.90 Å². The predicted octanol–water partition coefficient (Wildman–Crippen LogP) is 9.55. The van der Waals surface area contributed by atoms with Crippen molar-refractivity contribution in [3.05, 3.63) is 95.2 Å². The molecule has 2 aliphatic carbocycles. The Bertz CT molecular complexity index is 1520. The Balaban J connectivity index is 1.12. The van der Waals surface area contributed by atoms with E-state index in [1.165, 1.54) is 29.8 Å². The van der Waals surface area contributed by atoms with Gasteiger partial charge in [0, 0.05) is 35.1 Å². The zero-order chi connectivity index (χ0) is 30.8. The molecule has 1 heterocycles. The van der Waals surface area contributed by atoms with Crippen molar-refractivity contribution >= 4 is 23.2 Å². The maximum absolute atomic E-state index is 13.4. The first-order valence-corrected chi connectivity index (χ1v) is 15.7. The Morgan fingerprint density at radius 1 is 0.773 bits per heavy atom. The third kappa shape index (κ3) is 6.40. The standard InChI is InChI=1S/C36H38F3N3O2/c1-23(36(37,38)39)24-14-18-31(19-15-24)41-35(44)42-22-4-9-32(42)33(27-5-2-6-27)40-30-20-16-26(17-21-30)25-10-12-29(13-11-25)34(43)28-7-3-8-28/h10-21,23,28,32,40H,2-9,22H2,1H3,(H,41,44)/t23?,32-/m1/s1. The van der Waals surface area contributed by atoms with E-state index in [0.717, 1.165) is 86.4 Å². The summed E-state index contributed by atoms with van der Waals surface area (Å²) in [5.74, 6) is -1.13. The molecule has 0 radical (unpaired) electrons. The fraction of sp³-hybridized carbons (Fsp3) is 0.389. The smallest absolute Gasteiger partial charge is 0.357 e. The second kappa shape index (κ2) is 12.5. The molecule has 0 bridgehead atoms. The molecule has 3 aromatic carbocycles. The van der Waals surface area contributed by atoms with Crippen LogP contribution in [-0.4, -0.2) is 35.5 Å². The first-order chi connectivity index (χ1) is 21.2. The maximum atomic E-state index is 13.4. The lowest BCUT2D eigenvalue weighted by Crippen LogP contribution is -2.41. The van der Waals surface area contributed by atoms with Crippen molar-refractivity contribution in [3.8, 4) is 11.1 Å². The van der Waals surface area contributed by atoms with Gasteiger partial charge in [-0.15, -0.1) is 0 Å². The van der Waals surface area contributed by atoms with Gasteiger partial charge in [-0.1, -0.05) is 55.0 Å². The Labute approximate surface area is 256 Å². The number of amides is 2. The third-order valence-electron chi connectivity index (χ3n) is 9.48. The second-order valence-corrected chi connectivity index (χ2v) is 12.3. The first kappa shape index (κ1) is 30.0. The Hall–Kier alpha value is -4.07. The number of ketones is 1. The SMILES string of the molecule is CC(c1ccc(NC(=O)N2CCC[C@@H]2C(Nc2ccc(-c3ccc(C(=O)C4CCC4)cc3)cc2)=C2CCC2)cc1)C(F)(F)F. The van der Waals surface area contributed by atoms with Gasteiger partial charge in [0.05, 0.1) is 12.0 Å². The summed E-state index contributed by atoms with van der Waals surface area (Å²) < 4.78 is 39.3. The molecule has 3 aliphatic rings. The minimum atomic E-state index is -4.31. The molecule has 3 fully saturated rings. The summed E-state index contributed by atoms with van der Waals surface area (Å²) in [7, 11) is 0. The number of hydrogen-bond acceptors (Lipinski definition) is 3. The molecular weight excluding hydrogens is 563 g/mol. The molecule has 0 spiro atoms. The number of allylic oxidation sites excluding steroid dienone is 1. The molecule has 1 unspecified atom stereocenters. The highest BCUT2D eigenvalue weighted by atomic mass is 19.4. The van der Waals surface area contributed by atoms with Crippen LogP contribution in [0.5, 0.6) is 0 Å². The summed E-state index contributed by atoms with van der Waals surface area (Å²) in [5, 5.41) is 6.54. The Kier molecular flexibility index (Phi) is 8.52. The quantitative estimate of drug-likeness (QED) is 0.253. The second-order valence-electron chi connectivity index (χ2n) is 12.3. The highest BCUT2D eigenvalue weighted by Gasteiger charge is 2.37. The van der Waals surface area contributed by atoms with Gasteiger partial charge in [0.1, 0.15) is 0 Å². The van der Waals surface area contributed by atoms with Crippen molar-refractivity contribution in [1.29, 1.82) is 0 Å². The van der Waals surface area contributed by atoms with Gasteiger partial charge in [-0.25, -0.2) is 4.79 Å². The van der Waals surface area contributed by atoms with Gasteiger partial charge >= 0.3 is 12.2 Å². The number of nitrogens with zero attached hydrogens (tertiary/aromatic N) is 1. The molecule has 2 amide bonds. The van der Waals surface area contributed by atoms with Crippen molar-refractivity contribution in [2.75, 3.05) is 17.2 Å². The van der Waals surface area contributed by atoms with Gasteiger partial charge in [0.15, 0.2) is 5.78 Å². The number of nitrogens with one attached hydrogen (secondary N) is 2. The predicted molar refractivity (Wildman–Crippen MR) is 168 cm³/mol. The highest BCUT2D eigenvalue weighted by molar-refractivity contribution is 5.98. The molecule has 2 N–H and O–H groups in total. The van der Waals surface area contributed by atoms with Gasteiger partial charge in [0.25, 0.3) is 0 Å². The normalized spacial score (nSPS) is 19.1. The first-order valence-electron chi connectivity index (χ1n) is 15.7. The summed E-state index contributed by atoms with van der Waals surface area (Å²) in [6.07, 6.45) is 3.66. The van der Waals surface area contributed by atoms with Crippen molar-refractivity contribution in [2.24, 2.45) is 5.92 Å². The van der Waals surface area contributed by atoms with Crippen LogP contribution in [0.1, 0.15) is 80.1 Å². The Morgan fingerprint density at radius 2 is 1.36 bits per heavy atom. The zero-order valence-electron chi connectivity index (χ0n) is 24.9. The van der Waals surface area contributed by atoms with E-state index in [1.807, 2.05) is 41.3 Å². The number of hydrogen-bond donors (Lipinski definition) is 2. The van der Waals surface area contributed by atoms with Crippen LogP contribution in [0.25, 0.3) is 11.1 Å². The number of halogens is 3. The average molecular weight is 602 g/mol. The lowest BCUT2D eigenvalue weighted by molar-refractivity contribution is -0.146. The topological polar surface area (TPSA) is 61.4 Å². The molecule has 230 valence electrons. The molecule has 1 saturated heterocycles. The minimum Gasteiger partial charge on any atom is -0.357 e. The van der Waals surface area contributed by atoms with E-state index in [0.29, 0.717) is 12.2 Å². The fourth-order valence-corrected chi connectivity index (χ4v) is 6.21. The summed E-state index contributed by atoms with van der Waals surface area (Å²) in [4.78, 5) is 27.8. The van der Waals surface area contributed by atoms with Gasteiger partial charge in [0.2, 0.25) is 0 Å². The van der Waals surface area contributed by atoms with Gasteiger partial charge in [-0.05, 0) is 98.4 Å². The van der Waals surface area contributed by atoms with E-state index in [4.69, 9.17) is 0 Å². The van der Waals surface area contributed by atoms with Crippen molar-refractivity contribution in [3.63, 3.8) is 0 Å². The van der Waals surface area contributed by atoms with Gasteiger partial charge in [-0.2, -0.15) is 13.2 Å². The van der Waals surface area contributed by atoms with Crippen LogP contribution < -0.4 is 10.6 Å². The van der Waals surface area contributed by atoms with Crippen molar-refractivity contribution < 1.29 is 22.8 Å². The molecular formula is C36H38F3N3O2. The molecule has 2 saturated carbocycles. The van der Waals surface area contributed by atoms with Crippen LogP contribution in [-0.2, 0) is 0 Å². The van der Waals surface area contributed by atoms with Crippen molar-refractivity contribution in [2.45, 2.75) is 76.4 Å². The minimum absolute atomic E-state index is 0.102. The van der Waals surface area contributed by atoms with Gasteiger partial charge < -0.3 is 15.5 Å². The van der Waals surface area contributed by atoms with E-state index in [1.54, 1.807) is 0 Å². The maximum Gasteiger partial charge on any atom is 0.395 e. The van der Waals surface area contributed by atoms with Crippen LogP contribution in [0.15, 0.2) is 84.1 Å². The Morgan fingerprint density at radius 3 is 1.91 bits per heavy atom. The molecule has 2 atom stereocenters. The lowest BCUT2D eigenvalue weighted by Gasteiger charge is -2.32. The zero-order valence-corrected chi connectivity index (χ0v) is 24.9. The molecule has 5 nitrogen and oxygen atoms in total. The van der Waals surface area contributed by atoms with Crippen LogP contribution in [0.3, 0.4) is 0 Å². The number of benzene rings is 3. The lowest BCUT2D eigenvalue weighted by atomic mass is 9.80. The number of Topliss-reactive ketones (excluding diaryl/α,β-unsaturated/α-hetero) is 1. The highest BCUT2D eigenvalue weighted by Crippen LogP contribution is 2.37. The summed E-state index contributed by atoms with van der Waals surface area (Å²) >= 11 is 0. The largest absolute Gasteiger partial charge is 0.395 e. The van der Waals surface area contributed by atoms with E-state index in [2.05, 4.69) is 22.8 Å². The third-order valence-corrected chi connectivity index (χ3v) is 9.48.